The first-order valence-electron chi connectivity index (χ1n) is 11.9. The predicted molar refractivity (Wildman–Crippen MR) is 134 cm³/mol. The molecule has 4 heterocycles. The number of hydrogen-bond donors (Lipinski definition) is 1. The van der Waals surface area contributed by atoms with Gasteiger partial charge < -0.3 is 19.5 Å². The van der Waals surface area contributed by atoms with Gasteiger partial charge in [-0.1, -0.05) is 19.9 Å². The van der Waals surface area contributed by atoms with E-state index >= 15 is 0 Å². The number of anilines is 1. The third-order valence-corrected chi connectivity index (χ3v) is 6.38. The third kappa shape index (κ3) is 6.26. The first kappa shape index (κ1) is 24.4. The second-order valence-corrected chi connectivity index (χ2v) is 9.55. The monoisotopic (exact) mass is 476 g/mol. The summed E-state index contributed by atoms with van der Waals surface area (Å²) in [7, 11) is 0. The van der Waals surface area contributed by atoms with Crippen LogP contribution in [0.3, 0.4) is 0 Å². The summed E-state index contributed by atoms with van der Waals surface area (Å²) in [6.07, 6.45) is 7.18. The van der Waals surface area contributed by atoms with Gasteiger partial charge in [-0.2, -0.15) is 0 Å². The lowest BCUT2D eigenvalue weighted by Crippen LogP contribution is -2.38. The Bertz CT molecular complexity index is 1140. The number of ether oxygens (including phenoxy) is 2. The number of piperidine rings is 1. The topological polar surface area (TPSA) is 97.7 Å². The number of aliphatic carboxylic acids is 1. The van der Waals surface area contributed by atoms with Crippen molar-refractivity contribution < 1.29 is 19.4 Å². The Labute approximate surface area is 206 Å². The van der Waals surface area contributed by atoms with Gasteiger partial charge in [0.05, 0.1) is 24.0 Å². The van der Waals surface area contributed by atoms with Gasteiger partial charge in [0.15, 0.2) is 0 Å². The summed E-state index contributed by atoms with van der Waals surface area (Å²) in [4.78, 5) is 27.2. The average molecular weight is 477 g/mol. The van der Waals surface area contributed by atoms with Crippen LogP contribution in [-0.2, 0) is 11.2 Å². The second-order valence-electron chi connectivity index (χ2n) is 9.55. The van der Waals surface area contributed by atoms with Gasteiger partial charge in [-0.3, -0.25) is 14.8 Å². The highest BCUT2D eigenvalue weighted by Crippen LogP contribution is 2.39. The quantitative estimate of drug-likeness (QED) is 0.449. The molecule has 3 aromatic heterocycles. The predicted octanol–water partition coefficient (Wildman–Crippen LogP) is 4.56. The number of hydrogen-bond acceptors (Lipinski definition) is 7. The van der Waals surface area contributed by atoms with Crippen molar-refractivity contribution in [2.75, 3.05) is 31.2 Å². The van der Waals surface area contributed by atoms with E-state index in [1.54, 1.807) is 24.7 Å². The van der Waals surface area contributed by atoms with E-state index in [1.807, 2.05) is 31.2 Å². The van der Waals surface area contributed by atoms with Gasteiger partial charge in [0, 0.05) is 48.4 Å². The number of carboxylic acids is 1. The molecule has 8 nitrogen and oxygen atoms in total. The van der Waals surface area contributed by atoms with Gasteiger partial charge in [-0.15, -0.1) is 0 Å². The van der Waals surface area contributed by atoms with Crippen LogP contribution in [-0.4, -0.2) is 52.3 Å². The summed E-state index contributed by atoms with van der Waals surface area (Å²) in [6, 6.07) is 9.26. The van der Waals surface area contributed by atoms with E-state index in [9.17, 15) is 9.90 Å². The van der Waals surface area contributed by atoms with Crippen molar-refractivity contribution in [3.63, 3.8) is 0 Å². The molecule has 1 fully saturated rings. The molecule has 0 spiro atoms. The van der Waals surface area contributed by atoms with Crippen LogP contribution in [0, 0.1) is 12.3 Å². The fraction of sp³-hybridized carbons (Fsp3) is 0.407. The van der Waals surface area contributed by atoms with Gasteiger partial charge in [-0.05, 0) is 43.4 Å². The largest absolute Gasteiger partial charge is 0.488 e. The van der Waals surface area contributed by atoms with E-state index in [4.69, 9.17) is 9.47 Å². The summed E-state index contributed by atoms with van der Waals surface area (Å²) in [5.74, 6) is 0.322. The number of carbonyl (C=O) groups is 1. The Kier molecular flexibility index (Phi) is 7.48. The zero-order valence-electron chi connectivity index (χ0n) is 20.5. The summed E-state index contributed by atoms with van der Waals surface area (Å²) < 4.78 is 11.3. The van der Waals surface area contributed by atoms with Crippen LogP contribution < -0.4 is 14.4 Å². The standard InChI is InChI=1S/C27H32N4O4/c1-19-21(16-25(32)33)26(31-12-9-27(2,3)10-13-31)22(18-29-19)23-8-7-20(17-30-23)34-14-15-35-24-6-4-5-11-28-24/h4-8,11,17-18H,9-10,12-16H2,1-3H3,(H,32,33). The lowest BCUT2D eigenvalue weighted by atomic mass is 9.82. The molecule has 35 heavy (non-hydrogen) atoms. The van der Waals surface area contributed by atoms with Gasteiger partial charge >= 0.3 is 5.97 Å². The van der Waals surface area contributed by atoms with E-state index in [-0.39, 0.29) is 11.8 Å². The van der Waals surface area contributed by atoms with Gasteiger partial charge in [0.25, 0.3) is 0 Å². The molecule has 1 aliphatic rings. The Morgan fingerprint density at radius 2 is 1.80 bits per heavy atom. The number of nitrogens with zero attached hydrogens (tertiary/aromatic N) is 4. The van der Waals surface area contributed by atoms with Gasteiger partial charge in [0.1, 0.15) is 19.0 Å². The normalized spacial score (nSPS) is 15.0. The minimum atomic E-state index is -0.865. The lowest BCUT2D eigenvalue weighted by molar-refractivity contribution is -0.136. The minimum Gasteiger partial charge on any atom is -0.488 e. The molecule has 1 saturated heterocycles. The number of carboxylic acid groups (broad SMARTS) is 1. The van der Waals surface area contributed by atoms with E-state index < -0.39 is 5.97 Å². The Morgan fingerprint density at radius 3 is 2.46 bits per heavy atom. The summed E-state index contributed by atoms with van der Waals surface area (Å²) in [5.41, 5.74) is 4.29. The zero-order chi connectivity index (χ0) is 24.8. The van der Waals surface area contributed by atoms with Gasteiger partial charge in [0.2, 0.25) is 5.88 Å². The number of aryl methyl sites for hydroxylation is 1. The summed E-state index contributed by atoms with van der Waals surface area (Å²) in [6.45, 7) is 8.90. The van der Waals surface area contributed by atoms with Crippen molar-refractivity contribution in [1.82, 2.24) is 15.0 Å². The smallest absolute Gasteiger partial charge is 0.307 e. The highest BCUT2D eigenvalue weighted by molar-refractivity contribution is 5.83. The van der Waals surface area contributed by atoms with Crippen LogP contribution in [0.5, 0.6) is 11.6 Å². The molecule has 0 radical (unpaired) electrons. The van der Waals surface area contributed by atoms with Crippen LogP contribution in [0.1, 0.15) is 37.9 Å². The molecule has 0 unspecified atom stereocenters. The molecule has 0 saturated carbocycles. The first-order chi connectivity index (χ1) is 16.8. The van der Waals surface area contributed by atoms with E-state index in [1.165, 1.54) is 0 Å². The molecule has 4 rings (SSSR count). The number of pyridine rings is 3. The molecule has 3 aromatic rings. The fourth-order valence-corrected chi connectivity index (χ4v) is 4.24. The van der Waals surface area contributed by atoms with Crippen molar-refractivity contribution in [1.29, 1.82) is 0 Å². The SMILES string of the molecule is Cc1ncc(-c2ccc(OCCOc3ccccn3)cn2)c(N2CCC(C)(C)CC2)c1CC(=O)O. The van der Waals surface area contributed by atoms with E-state index in [0.29, 0.717) is 24.8 Å². The highest BCUT2D eigenvalue weighted by atomic mass is 16.5. The van der Waals surface area contributed by atoms with Crippen LogP contribution >= 0.6 is 0 Å². The molecule has 1 aliphatic heterocycles. The summed E-state index contributed by atoms with van der Waals surface area (Å²) >= 11 is 0. The number of rotatable bonds is 9. The zero-order valence-corrected chi connectivity index (χ0v) is 20.5. The molecule has 8 heteroatoms. The maximum Gasteiger partial charge on any atom is 0.307 e. The van der Waals surface area contributed by atoms with E-state index in [0.717, 1.165) is 54.1 Å². The van der Waals surface area contributed by atoms with Crippen molar-refractivity contribution in [2.45, 2.75) is 40.0 Å². The Hall–Kier alpha value is -3.68. The average Bonchev–Trinajstić information content (AvgIpc) is 2.84. The van der Waals surface area contributed by atoms with Gasteiger partial charge in [-0.25, -0.2) is 4.98 Å². The van der Waals surface area contributed by atoms with Crippen molar-refractivity contribution in [3.05, 3.63) is 60.2 Å². The Balaban J connectivity index is 1.52. The van der Waals surface area contributed by atoms with Crippen molar-refractivity contribution in [3.8, 4) is 22.9 Å². The van der Waals surface area contributed by atoms with Crippen LogP contribution in [0.4, 0.5) is 5.69 Å². The molecule has 184 valence electrons. The maximum absolute atomic E-state index is 11.7. The van der Waals surface area contributed by atoms with Crippen LogP contribution in [0.15, 0.2) is 48.9 Å². The molecular weight excluding hydrogens is 444 g/mol. The highest BCUT2D eigenvalue weighted by Gasteiger charge is 2.29. The second kappa shape index (κ2) is 10.7. The van der Waals surface area contributed by atoms with Crippen molar-refractivity contribution in [2.24, 2.45) is 5.41 Å². The third-order valence-electron chi connectivity index (χ3n) is 6.38. The first-order valence-corrected chi connectivity index (χ1v) is 11.9. The molecule has 0 aromatic carbocycles. The Morgan fingerprint density at radius 1 is 1.03 bits per heavy atom. The summed E-state index contributed by atoms with van der Waals surface area (Å²) in [5, 5.41) is 9.58. The fourth-order valence-electron chi connectivity index (χ4n) is 4.24. The molecule has 0 aliphatic carbocycles. The minimum absolute atomic E-state index is 0.0701. The van der Waals surface area contributed by atoms with E-state index in [2.05, 4.69) is 33.7 Å². The molecule has 1 N–H and O–H groups in total. The lowest BCUT2D eigenvalue weighted by Gasteiger charge is -2.40. The maximum atomic E-state index is 11.7. The van der Waals surface area contributed by atoms with Crippen molar-refractivity contribution >= 4 is 11.7 Å². The number of aromatic nitrogens is 3. The molecule has 0 atom stereocenters. The van der Waals surface area contributed by atoms with Crippen LogP contribution in [0.25, 0.3) is 11.3 Å². The van der Waals surface area contributed by atoms with Crippen LogP contribution in [0.2, 0.25) is 0 Å². The molecule has 0 bridgehead atoms. The molecule has 0 amide bonds. The molecular formula is C27H32N4O4.